The van der Waals surface area contributed by atoms with Crippen molar-refractivity contribution in [3.8, 4) is 0 Å². The normalized spacial score (nSPS) is 23.3. The van der Waals surface area contributed by atoms with E-state index in [1.165, 1.54) is 0 Å². The van der Waals surface area contributed by atoms with Crippen LogP contribution in [0, 0.1) is 6.92 Å². The minimum Gasteiger partial charge on any atom is -0.282 e. The van der Waals surface area contributed by atoms with Gasteiger partial charge in [0.2, 0.25) is 0 Å². The minimum atomic E-state index is -4.18. The summed E-state index contributed by atoms with van der Waals surface area (Å²) in [5, 5.41) is 1.12. The topological polar surface area (TPSA) is 54.4 Å². The molecule has 5 heteroatoms. The third-order valence-electron chi connectivity index (χ3n) is 3.53. The third-order valence-corrected chi connectivity index (χ3v) is 4.95. The Balaban J connectivity index is 2.51. The molecule has 2 atom stereocenters. The zero-order chi connectivity index (χ0) is 14.3. The average Bonchev–Trinajstić information content (AvgIpc) is 2.32. The van der Waals surface area contributed by atoms with E-state index in [0.29, 0.717) is 5.56 Å². The van der Waals surface area contributed by atoms with Crippen molar-refractivity contribution in [2.45, 2.75) is 30.6 Å². The van der Waals surface area contributed by atoms with Gasteiger partial charge in [0.05, 0.1) is 4.90 Å². The Morgan fingerprint density at radius 1 is 1.37 bits per heavy atom. The van der Waals surface area contributed by atoms with Crippen LogP contribution < -0.4 is 0 Å². The molecule has 1 aromatic carbocycles. The fourth-order valence-electron chi connectivity index (χ4n) is 2.19. The van der Waals surface area contributed by atoms with Gasteiger partial charge in [-0.3, -0.25) is 4.55 Å². The molecule has 0 amide bonds. The van der Waals surface area contributed by atoms with E-state index in [0.717, 1.165) is 17.3 Å². The summed E-state index contributed by atoms with van der Waals surface area (Å²) < 4.78 is 32.0. The average molecular weight is 296 g/mol. The Morgan fingerprint density at radius 2 is 2.05 bits per heavy atom. The smallest absolute Gasteiger partial charge is 0.282 e. The summed E-state index contributed by atoms with van der Waals surface area (Å²) in [6.45, 7) is 3.72. The molecule has 1 aliphatic rings. The van der Waals surface area contributed by atoms with Gasteiger partial charge >= 0.3 is 0 Å². The van der Waals surface area contributed by atoms with Crippen molar-refractivity contribution in [1.29, 1.82) is 0 Å². The largest absolute Gasteiger partial charge is 0.294 e. The van der Waals surface area contributed by atoms with Gasteiger partial charge in [-0.15, -0.1) is 9.24 Å². The summed E-state index contributed by atoms with van der Waals surface area (Å²) in [5.74, 6) is 0. The minimum absolute atomic E-state index is 0.0136. The van der Waals surface area contributed by atoms with Crippen LogP contribution in [0.15, 0.2) is 46.6 Å². The van der Waals surface area contributed by atoms with Crippen LogP contribution in [0.3, 0.4) is 0 Å². The van der Waals surface area contributed by atoms with Crippen LogP contribution in [-0.4, -0.2) is 13.0 Å². The summed E-state index contributed by atoms with van der Waals surface area (Å²) in [7, 11) is -1.53. The number of benzene rings is 1. The summed E-state index contributed by atoms with van der Waals surface area (Å²) in [6, 6.07) is 5.21. The van der Waals surface area contributed by atoms with Crippen molar-refractivity contribution in [2.24, 2.45) is 0 Å². The number of hydrogen-bond acceptors (Lipinski definition) is 2. The fourth-order valence-corrected chi connectivity index (χ4v) is 3.16. The zero-order valence-corrected chi connectivity index (χ0v) is 12.9. The molecule has 1 N–H and O–H groups in total. The quantitative estimate of drug-likeness (QED) is 0.673. The molecule has 0 fully saturated rings. The van der Waals surface area contributed by atoms with Crippen LogP contribution >= 0.6 is 9.24 Å². The molecule has 2 unspecified atom stereocenters. The van der Waals surface area contributed by atoms with Crippen LogP contribution in [0.25, 0.3) is 0 Å². The van der Waals surface area contributed by atoms with Crippen molar-refractivity contribution in [3.05, 3.63) is 52.9 Å². The third kappa shape index (κ3) is 2.97. The monoisotopic (exact) mass is 296 g/mol. The molecule has 3 nitrogen and oxygen atoms in total. The lowest BCUT2D eigenvalue weighted by Crippen LogP contribution is -2.20. The number of rotatable bonds is 2. The van der Waals surface area contributed by atoms with Crippen molar-refractivity contribution in [3.63, 3.8) is 0 Å². The Morgan fingerprint density at radius 3 is 2.58 bits per heavy atom. The second kappa shape index (κ2) is 4.86. The maximum atomic E-state index is 11.4. The molecule has 0 saturated carbocycles. The second-order valence-electron chi connectivity index (χ2n) is 5.11. The van der Waals surface area contributed by atoms with Crippen LogP contribution in [0.2, 0.25) is 0 Å². The van der Waals surface area contributed by atoms with Gasteiger partial charge in [-0.05, 0) is 35.9 Å². The molecule has 0 aromatic heterocycles. The van der Waals surface area contributed by atoms with Crippen LogP contribution in [0.4, 0.5) is 0 Å². The molecule has 1 aliphatic carbocycles. The van der Waals surface area contributed by atoms with Gasteiger partial charge < -0.3 is 0 Å². The molecular formula is C14H17O3PS. The van der Waals surface area contributed by atoms with E-state index in [1.807, 2.05) is 12.1 Å². The Bertz CT molecular complexity index is 674. The van der Waals surface area contributed by atoms with Gasteiger partial charge in [-0.2, -0.15) is 8.42 Å². The van der Waals surface area contributed by atoms with Crippen molar-refractivity contribution in [2.75, 3.05) is 0 Å². The standard InChI is InChI=1S/C14H17O3PS/c1-10-3-4-11(9-13(10)19(15,16)17)14(2)7-5-12(18)6-8-14/h3-7,9H,8,18H2,1-2H3,(H,15,16,17). The number of aryl methyl sites for hydroxylation is 1. The lowest BCUT2D eigenvalue weighted by molar-refractivity contribution is 0.482. The first-order valence-electron chi connectivity index (χ1n) is 5.96. The lowest BCUT2D eigenvalue weighted by atomic mass is 9.77. The SMILES string of the molecule is Cc1ccc(C2(C)C=CC(P)=CC2)cc1S(=O)(=O)O. The highest BCUT2D eigenvalue weighted by molar-refractivity contribution is 7.85. The highest BCUT2D eigenvalue weighted by Gasteiger charge is 2.26. The van der Waals surface area contributed by atoms with E-state index >= 15 is 0 Å². The summed E-state index contributed by atoms with van der Waals surface area (Å²) in [4.78, 5) is -0.0136. The van der Waals surface area contributed by atoms with Crippen molar-refractivity contribution >= 4 is 19.4 Å². The molecule has 0 aliphatic heterocycles. The first-order chi connectivity index (χ1) is 8.72. The Kier molecular flexibility index (Phi) is 3.69. The van der Waals surface area contributed by atoms with Gasteiger partial charge in [0.1, 0.15) is 0 Å². The lowest BCUT2D eigenvalue weighted by Gasteiger charge is -2.28. The van der Waals surface area contributed by atoms with E-state index in [1.54, 1.807) is 19.1 Å². The molecule has 0 heterocycles. The highest BCUT2D eigenvalue weighted by atomic mass is 32.2. The van der Waals surface area contributed by atoms with Crippen LogP contribution in [-0.2, 0) is 15.5 Å². The van der Waals surface area contributed by atoms with Crippen molar-refractivity contribution in [1.82, 2.24) is 0 Å². The summed E-state index contributed by atoms with van der Waals surface area (Å²) >= 11 is 0. The highest BCUT2D eigenvalue weighted by Crippen LogP contribution is 2.36. The van der Waals surface area contributed by atoms with Gasteiger partial charge in [-0.1, -0.05) is 37.3 Å². The molecule has 102 valence electrons. The molecular weight excluding hydrogens is 279 g/mol. The van der Waals surface area contributed by atoms with Crippen LogP contribution in [0.5, 0.6) is 0 Å². The molecule has 0 bridgehead atoms. The zero-order valence-electron chi connectivity index (χ0n) is 10.9. The predicted molar refractivity (Wildman–Crippen MR) is 79.9 cm³/mol. The van der Waals surface area contributed by atoms with E-state index in [2.05, 4.69) is 28.3 Å². The van der Waals surface area contributed by atoms with Gasteiger partial charge in [-0.25, -0.2) is 0 Å². The summed E-state index contributed by atoms with van der Waals surface area (Å²) in [5.41, 5.74) is 1.19. The molecule has 19 heavy (non-hydrogen) atoms. The van der Waals surface area contributed by atoms with E-state index < -0.39 is 10.1 Å². The first kappa shape index (κ1) is 14.4. The Labute approximate surface area is 116 Å². The molecule has 0 spiro atoms. The maximum absolute atomic E-state index is 11.4. The second-order valence-corrected chi connectivity index (χ2v) is 7.17. The van der Waals surface area contributed by atoms with Gasteiger partial charge in [0.15, 0.2) is 0 Å². The number of allylic oxidation sites excluding steroid dienone is 4. The first-order valence-corrected chi connectivity index (χ1v) is 7.98. The number of hydrogen-bond donors (Lipinski definition) is 1. The van der Waals surface area contributed by atoms with E-state index in [4.69, 9.17) is 0 Å². The Hall–Kier alpha value is -0.960. The van der Waals surface area contributed by atoms with Gasteiger partial charge in [0.25, 0.3) is 10.1 Å². The predicted octanol–water partition coefficient (Wildman–Crippen LogP) is 3.22. The summed E-state index contributed by atoms with van der Waals surface area (Å²) in [6.07, 6.45) is 6.96. The molecule has 1 aromatic rings. The molecule has 2 rings (SSSR count). The van der Waals surface area contributed by atoms with Gasteiger partial charge in [0, 0.05) is 5.41 Å². The van der Waals surface area contributed by atoms with Crippen LogP contribution in [0.1, 0.15) is 24.5 Å². The maximum Gasteiger partial charge on any atom is 0.294 e. The van der Waals surface area contributed by atoms with E-state index in [9.17, 15) is 13.0 Å². The fraction of sp³-hybridized carbons (Fsp3) is 0.286. The van der Waals surface area contributed by atoms with E-state index in [-0.39, 0.29) is 10.3 Å². The molecule has 0 saturated heterocycles. The van der Waals surface area contributed by atoms with Crippen molar-refractivity contribution < 1.29 is 13.0 Å². The molecule has 0 radical (unpaired) electrons.